The number of hydrogen-bond donors (Lipinski definition) is 0. The van der Waals surface area contributed by atoms with Crippen LogP contribution in [0.5, 0.6) is 5.75 Å². The number of carbonyl (C=O) groups is 1. The standard InChI is InChI=1S/C11H11BrO3/c1-7(13)15-10-5-8-4-9(12)2-3-11(8)14-6-10/h2-4,10H,5-6H2,1H3. The van der Waals surface area contributed by atoms with Crippen molar-refractivity contribution in [3.63, 3.8) is 0 Å². The molecule has 1 atom stereocenters. The van der Waals surface area contributed by atoms with Crippen molar-refractivity contribution in [2.45, 2.75) is 19.4 Å². The van der Waals surface area contributed by atoms with Gasteiger partial charge in [-0.05, 0) is 23.8 Å². The molecule has 0 saturated heterocycles. The van der Waals surface area contributed by atoms with Crippen molar-refractivity contribution in [3.8, 4) is 5.75 Å². The first-order valence-electron chi connectivity index (χ1n) is 4.73. The molecule has 80 valence electrons. The highest BCUT2D eigenvalue weighted by molar-refractivity contribution is 9.10. The predicted molar refractivity (Wildman–Crippen MR) is 58.9 cm³/mol. The molecule has 1 aliphatic heterocycles. The molecule has 1 unspecified atom stereocenters. The first-order chi connectivity index (χ1) is 7.15. The van der Waals surface area contributed by atoms with Gasteiger partial charge in [-0.1, -0.05) is 15.9 Å². The van der Waals surface area contributed by atoms with Gasteiger partial charge in [0.1, 0.15) is 18.5 Å². The Kier molecular flexibility index (Phi) is 2.95. The Labute approximate surface area is 96.5 Å². The van der Waals surface area contributed by atoms with Gasteiger partial charge in [-0.2, -0.15) is 0 Å². The summed E-state index contributed by atoms with van der Waals surface area (Å²) in [7, 11) is 0. The Hall–Kier alpha value is -1.03. The van der Waals surface area contributed by atoms with Crippen molar-refractivity contribution < 1.29 is 14.3 Å². The van der Waals surface area contributed by atoms with E-state index in [1.165, 1.54) is 6.92 Å². The summed E-state index contributed by atoms with van der Waals surface area (Å²) in [4.78, 5) is 10.8. The van der Waals surface area contributed by atoms with E-state index >= 15 is 0 Å². The molecule has 4 heteroatoms. The van der Waals surface area contributed by atoms with Crippen LogP contribution >= 0.6 is 15.9 Å². The Bertz CT molecular complexity index is 389. The van der Waals surface area contributed by atoms with E-state index in [1.54, 1.807) is 0 Å². The number of hydrogen-bond acceptors (Lipinski definition) is 3. The third-order valence-electron chi connectivity index (χ3n) is 2.23. The monoisotopic (exact) mass is 270 g/mol. The summed E-state index contributed by atoms with van der Waals surface area (Å²) in [5, 5.41) is 0. The van der Waals surface area contributed by atoms with Crippen molar-refractivity contribution in [1.29, 1.82) is 0 Å². The van der Waals surface area contributed by atoms with E-state index < -0.39 is 0 Å². The molecule has 0 N–H and O–H groups in total. The van der Waals surface area contributed by atoms with Gasteiger partial charge < -0.3 is 9.47 Å². The summed E-state index contributed by atoms with van der Waals surface area (Å²) >= 11 is 3.40. The number of halogens is 1. The van der Waals surface area contributed by atoms with Crippen molar-refractivity contribution >= 4 is 21.9 Å². The first kappa shape index (κ1) is 10.5. The van der Waals surface area contributed by atoms with Gasteiger partial charge >= 0.3 is 5.97 Å². The number of rotatable bonds is 1. The van der Waals surface area contributed by atoms with Gasteiger partial charge in [0, 0.05) is 17.8 Å². The maximum atomic E-state index is 10.8. The van der Waals surface area contributed by atoms with Crippen LogP contribution in [0.15, 0.2) is 22.7 Å². The molecule has 1 aromatic carbocycles. The highest BCUT2D eigenvalue weighted by Gasteiger charge is 2.21. The molecule has 2 rings (SSSR count). The molecule has 0 fully saturated rings. The second-order valence-electron chi connectivity index (χ2n) is 3.50. The molecule has 3 nitrogen and oxygen atoms in total. The summed E-state index contributed by atoms with van der Waals surface area (Å²) in [6, 6.07) is 5.85. The molecule has 0 bridgehead atoms. The lowest BCUT2D eigenvalue weighted by molar-refractivity contribution is -0.148. The van der Waals surface area contributed by atoms with Crippen LogP contribution in [0, 0.1) is 0 Å². The van der Waals surface area contributed by atoms with E-state index in [9.17, 15) is 4.79 Å². The number of carbonyl (C=O) groups excluding carboxylic acids is 1. The normalized spacial score (nSPS) is 18.9. The summed E-state index contributed by atoms with van der Waals surface area (Å²) in [5.41, 5.74) is 1.07. The molecule has 0 saturated carbocycles. The zero-order valence-electron chi connectivity index (χ0n) is 8.33. The fourth-order valence-corrected chi connectivity index (χ4v) is 2.05. The molecule has 0 amide bonds. The van der Waals surface area contributed by atoms with Gasteiger partial charge in [0.15, 0.2) is 0 Å². The van der Waals surface area contributed by atoms with Crippen molar-refractivity contribution in [3.05, 3.63) is 28.2 Å². The van der Waals surface area contributed by atoms with E-state index in [1.807, 2.05) is 18.2 Å². The minimum absolute atomic E-state index is 0.163. The molecule has 0 radical (unpaired) electrons. The lowest BCUT2D eigenvalue weighted by atomic mass is 10.0. The Balaban J connectivity index is 2.14. The van der Waals surface area contributed by atoms with Crippen molar-refractivity contribution in [2.75, 3.05) is 6.61 Å². The zero-order chi connectivity index (χ0) is 10.8. The molecule has 0 spiro atoms. The van der Waals surface area contributed by atoms with Crippen LogP contribution in [0.25, 0.3) is 0 Å². The van der Waals surface area contributed by atoms with Gasteiger partial charge in [-0.3, -0.25) is 4.79 Å². The molecule has 1 aliphatic rings. The smallest absolute Gasteiger partial charge is 0.303 e. The topological polar surface area (TPSA) is 35.5 Å². The van der Waals surface area contributed by atoms with E-state index in [2.05, 4.69) is 15.9 Å². The number of ether oxygens (including phenoxy) is 2. The van der Waals surface area contributed by atoms with E-state index in [0.29, 0.717) is 13.0 Å². The molecule has 15 heavy (non-hydrogen) atoms. The number of fused-ring (bicyclic) bond motifs is 1. The summed E-state index contributed by atoms with van der Waals surface area (Å²) in [6.07, 6.45) is 0.554. The number of benzene rings is 1. The molecule has 0 aliphatic carbocycles. The second kappa shape index (κ2) is 4.23. The van der Waals surface area contributed by atoms with Crippen molar-refractivity contribution in [2.24, 2.45) is 0 Å². The maximum Gasteiger partial charge on any atom is 0.303 e. The predicted octanol–water partition coefficient (Wildman–Crippen LogP) is 2.32. The first-order valence-corrected chi connectivity index (χ1v) is 5.53. The van der Waals surface area contributed by atoms with E-state index in [4.69, 9.17) is 9.47 Å². The summed E-state index contributed by atoms with van der Waals surface area (Å²) < 4.78 is 11.6. The highest BCUT2D eigenvalue weighted by Crippen LogP contribution is 2.28. The van der Waals surface area contributed by atoms with Gasteiger partial charge in [-0.25, -0.2) is 0 Å². The Morgan fingerprint density at radius 2 is 2.40 bits per heavy atom. The average Bonchev–Trinajstić information content (AvgIpc) is 2.16. The molecule has 1 aromatic rings. The van der Waals surface area contributed by atoms with Crippen LogP contribution in [-0.2, 0) is 16.0 Å². The van der Waals surface area contributed by atoms with Crippen LogP contribution < -0.4 is 4.74 Å². The summed E-state index contributed by atoms with van der Waals surface area (Å²) in [5.74, 6) is 0.614. The fourth-order valence-electron chi connectivity index (χ4n) is 1.65. The minimum atomic E-state index is -0.262. The van der Waals surface area contributed by atoms with Crippen LogP contribution in [-0.4, -0.2) is 18.7 Å². The van der Waals surface area contributed by atoms with Crippen LogP contribution in [0.1, 0.15) is 12.5 Å². The van der Waals surface area contributed by atoms with Crippen LogP contribution in [0.2, 0.25) is 0 Å². The largest absolute Gasteiger partial charge is 0.489 e. The summed E-state index contributed by atoms with van der Waals surface area (Å²) in [6.45, 7) is 1.85. The zero-order valence-corrected chi connectivity index (χ0v) is 9.91. The van der Waals surface area contributed by atoms with E-state index in [-0.39, 0.29) is 12.1 Å². The average molecular weight is 271 g/mol. The molecular weight excluding hydrogens is 260 g/mol. The van der Waals surface area contributed by atoms with Gasteiger partial charge in [-0.15, -0.1) is 0 Å². The lowest BCUT2D eigenvalue weighted by Crippen LogP contribution is -2.30. The highest BCUT2D eigenvalue weighted by atomic mass is 79.9. The number of esters is 1. The van der Waals surface area contributed by atoms with Crippen molar-refractivity contribution in [1.82, 2.24) is 0 Å². The third kappa shape index (κ3) is 2.50. The Morgan fingerprint density at radius 3 is 3.13 bits per heavy atom. The SMILES string of the molecule is CC(=O)OC1COc2ccc(Br)cc2C1. The van der Waals surface area contributed by atoms with Gasteiger partial charge in [0.25, 0.3) is 0 Å². The molecular formula is C11H11BrO3. The Morgan fingerprint density at radius 1 is 1.60 bits per heavy atom. The van der Waals surface area contributed by atoms with E-state index in [0.717, 1.165) is 15.8 Å². The van der Waals surface area contributed by atoms with Gasteiger partial charge in [0.2, 0.25) is 0 Å². The molecule has 0 aromatic heterocycles. The third-order valence-corrected chi connectivity index (χ3v) is 2.72. The molecule has 1 heterocycles. The lowest BCUT2D eigenvalue weighted by Gasteiger charge is -2.24. The van der Waals surface area contributed by atoms with Gasteiger partial charge in [0.05, 0.1) is 0 Å². The van der Waals surface area contributed by atoms with Crippen LogP contribution in [0.3, 0.4) is 0 Å². The quantitative estimate of drug-likeness (QED) is 0.735. The second-order valence-corrected chi connectivity index (χ2v) is 4.41. The fraction of sp³-hybridized carbons (Fsp3) is 0.364. The minimum Gasteiger partial charge on any atom is -0.489 e. The van der Waals surface area contributed by atoms with Crippen LogP contribution in [0.4, 0.5) is 0 Å². The maximum absolute atomic E-state index is 10.8.